The van der Waals surface area contributed by atoms with Crippen LogP contribution in [0.4, 0.5) is 0 Å². The number of carbonyl (C=O) groups excluding carboxylic acids is 1. The lowest BCUT2D eigenvalue weighted by Gasteiger charge is -2.19. The van der Waals surface area contributed by atoms with E-state index in [4.69, 9.17) is 4.74 Å². The molecule has 26 heavy (non-hydrogen) atoms. The fourth-order valence-electron chi connectivity index (χ4n) is 3.34. The molecular formula is C19H24N4O3. The van der Waals surface area contributed by atoms with Gasteiger partial charge in [-0.2, -0.15) is 5.10 Å². The lowest BCUT2D eigenvalue weighted by molar-refractivity contribution is -0.124. The molecule has 1 aromatic carbocycles. The highest BCUT2D eigenvalue weighted by atomic mass is 16.5. The molecule has 7 heteroatoms. The van der Waals surface area contributed by atoms with Crippen LogP contribution in [-0.4, -0.2) is 40.5 Å². The van der Waals surface area contributed by atoms with Gasteiger partial charge in [0.25, 0.3) is 5.56 Å². The molecule has 2 heterocycles. The molecule has 7 nitrogen and oxygen atoms in total. The smallest absolute Gasteiger partial charge is 0.291 e. The van der Waals surface area contributed by atoms with E-state index < -0.39 is 6.04 Å². The summed E-state index contributed by atoms with van der Waals surface area (Å²) in [6.07, 6.45) is 3.02. The summed E-state index contributed by atoms with van der Waals surface area (Å²) in [5, 5.41) is 8.80. The quantitative estimate of drug-likeness (QED) is 0.657. The number of nitrogens with one attached hydrogen (secondary N) is 1. The summed E-state index contributed by atoms with van der Waals surface area (Å²) in [4.78, 5) is 25.6. The summed E-state index contributed by atoms with van der Waals surface area (Å²) < 4.78 is 8.19. The lowest BCUT2D eigenvalue weighted by atomic mass is 10.2. The van der Waals surface area contributed by atoms with Crippen LogP contribution in [0.25, 0.3) is 21.8 Å². The number of hydrogen-bond acceptors (Lipinski definition) is 4. The van der Waals surface area contributed by atoms with E-state index in [1.54, 1.807) is 20.4 Å². The Morgan fingerprint density at radius 2 is 2.08 bits per heavy atom. The minimum absolute atomic E-state index is 0.0925. The molecule has 0 aliphatic heterocycles. The molecule has 2 aromatic heterocycles. The number of benzene rings is 1. The molecule has 0 aliphatic rings. The number of hydrogen-bond donors (Lipinski definition) is 1. The number of nitrogens with zero attached hydrogens (tertiary/aromatic N) is 3. The predicted octanol–water partition coefficient (Wildman–Crippen LogP) is 1.99. The molecule has 3 aromatic rings. The monoisotopic (exact) mass is 356 g/mol. The van der Waals surface area contributed by atoms with Crippen LogP contribution >= 0.6 is 0 Å². The SMILES string of the molecule is CC[C@@H](C(=O)NCCCOC)n1c2ccccc2c2cnn(C)c(=O)c21. The number of aromatic nitrogens is 3. The minimum Gasteiger partial charge on any atom is -0.385 e. The van der Waals surface area contributed by atoms with Gasteiger partial charge in [0.05, 0.1) is 11.7 Å². The molecule has 0 unspecified atom stereocenters. The Bertz CT molecular complexity index is 990. The summed E-state index contributed by atoms with van der Waals surface area (Å²) in [5.74, 6) is -0.0925. The van der Waals surface area contributed by atoms with Gasteiger partial charge in [0, 0.05) is 38.1 Å². The van der Waals surface area contributed by atoms with Gasteiger partial charge in [-0.15, -0.1) is 0 Å². The van der Waals surface area contributed by atoms with Crippen molar-refractivity contribution in [2.45, 2.75) is 25.8 Å². The number of methoxy groups -OCH3 is 1. The number of para-hydroxylation sites is 1. The Morgan fingerprint density at radius 1 is 1.31 bits per heavy atom. The molecule has 0 saturated carbocycles. The zero-order chi connectivity index (χ0) is 18.7. The van der Waals surface area contributed by atoms with E-state index in [2.05, 4.69) is 10.4 Å². The molecule has 138 valence electrons. The first-order chi connectivity index (χ1) is 12.6. The fraction of sp³-hybridized carbons (Fsp3) is 0.421. The van der Waals surface area contributed by atoms with Crippen molar-refractivity contribution in [3.63, 3.8) is 0 Å². The molecule has 0 spiro atoms. The van der Waals surface area contributed by atoms with Crippen molar-refractivity contribution in [1.82, 2.24) is 19.7 Å². The third kappa shape index (κ3) is 3.10. The number of fused-ring (bicyclic) bond motifs is 3. The number of amides is 1. The van der Waals surface area contributed by atoms with Crippen LogP contribution in [0.2, 0.25) is 0 Å². The van der Waals surface area contributed by atoms with Crippen LogP contribution in [0.15, 0.2) is 35.3 Å². The fourth-order valence-corrected chi connectivity index (χ4v) is 3.34. The third-order valence-electron chi connectivity index (χ3n) is 4.63. The molecule has 3 rings (SSSR count). The van der Waals surface area contributed by atoms with Gasteiger partial charge in [-0.25, -0.2) is 4.68 Å². The standard InChI is InChI=1S/C19H24N4O3/c1-4-15(18(24)20-10-7-11-26-3)23-16-9-6-5-8-13(16)14-12-21-22(2)19(25)17(14)23/h5-6,8-9,12,15H,4,7,10-11H2,1-3H3,(H,20,24)/t15-/m0/s1. The Labute approximate surface area is 151 Å². The normalized spacial score (nSPS) is 12.6. The van der Waals surface area contributed by atoms with Crippen molar-refractivity contribution < 1.29 is 9.53 Å². The van der Waals surface area contributed by atoms with Crippen molar-refractivity contribution >= 4 is 27.7 Å². The van der Waals surface area contributed by atoms with E-state index in [1.165, 1.54) is 4.68 Å². The summed E-state index contributed by atoms with van der Waals surface area (Å²) in [6, 6.07) is 7.28. The molecule has 0 aliphatic carbocycles. The predicted molar refractivity (Wildman–Crippen MR) is 101 cm³/mol. The van der Waals surface area contributed by atoms with Crippen LogP contribution in [-0.2, 0) is 16.6 Å². The maximum atomic E-state index is 12.8. The second kappa shape index (κ2) is 7.70. The largest absolute Gasteiger partial charge is 0.385 e. The molecule has 0 saturated heterocycles. The van der Waals surface area contributed by atoms with Crippen molar-refractivity contribution in [3.05, 3.63) is 40.8 Å². The second-order valence-electron chi connectivity index (χ2n) is 6.28. The van der Waals surface area contributed by atoms with Crippen LogP contribution in [0, 0.1) is 0 Å². The molecule has 1 amide bonds. The Kier molecular flexibility index (Phi) is 5.37. The summed E-state index contributed by atoms with van der Waals surface area (Å²) in [7, 11) is 3.26. The average molecular weight is 356 g/mol. The summed E-state index contributed by atoms with van der Waals surface area (Å²) >= 11 is 0. The molecular weight excluding hydrogens is 332 g/mol. The Morgan fingerprint density at radius 3 is 2.81 bits per heavy atom. The van der Waals surface area contributed by atoms with Crippen molar-refractivity contribution in [2.75, 3.05) is 20.3 Å². The van der Waals surface area contributed by atoms with E-state index in [0.717, 1.165) is 22.7 Å². The van der Waals surface area contributed by atoms with Gasteiger partial charge in [-0.1, -0.05) is 25.1 Å². The van der Waals surface area contributed by atoms with Crippen molar-refractivity contribution in [2.24, 2.45) is 7.05 Å². The summed E-state index contributed by atoms with van der Waals surface area (Å²) in [5.41, 5.74) is 1.18. The number of rotatable bonds is 7. The molecule has 1 atom stereocenters. The Hall–Kier alpha value is -2.67. The van der Waals surface area contributed by atoms with Gasteiger partial charge >= 0.3 is 0 Å². The van der Waals surface area contributed by atoms with Crippen LogP contribution in [0.1, 0.15) is 25.8 Å². The zero-order valence-corrected chi connectivity index (χ0v) is 15.4. The van der Waals surface area contributed by atoms with Crippen LogP contribution in [0.5, 0.6) is 0 Å². The maximum Gasteiger partial charge on any atom is 0.291 e. The van der Waals surface area contributed by atoms with Gasteiger partial charge in [-0.05, 0) is 18.9 Å². The van der Waals surface area contributed by atoms with Crippen molar-refractivity contribution in [3.8, 4) is 0 Å². The van der Waals surface area contributed by atoms with Crippen molar-refractivity contribution in [1.29, 1.82) is 0 Å². The highest BCUT2D eigenvalue weighted by Gasteiger charge is 2.25. The van der Waals surface area contributed by atoms with Gasteiger partial charge in [-0.3, -0.25) is 9.59 Å². The van der Waals surface area contributed by atoms with Gasteiger partial charge in [0.15, 0.2) is 0 Å². The number of ether oxygens (including phenoxy) is 1. The topological polar surface area (TPSA) is 78.2 Å². The van der Waals surface area contributed by atoms with Gasteiger partial charge in [0.1, 0.15) is 11.6 Å². The molecule has 1 N–H and O–H groups in total. The summed E-state index contributed by atoms with van der Waals surface area (Å²) in [6.45, 7) is 3.09. The highest BCUT2D eigenvalue weighted by Crippen LogP contribution is 2.30. The van der Waals surface area contributed by atoms with Crippen LogP contribution < -0.4 is 10.9 Å². The lowest BCUT2D eigenvalue weighted by Crippen LogP contribution is -2.34. The molecule has 0 fully saturated rings. The number of carbonyl (C=O) groups is 1. The van der Waals surface area contributed by atoms with E-state index in [-0.39, 0.29) is 11.5 Å². The van der Waals surface area contributed by atoms with E-state index in [9.17, 15) is 9.59 Å². The first-order valence-corrected chi connectivity index (χ1v) is 8.81. The first-order valence-electron chi connectivity index (χ1n) is 8.81. The second-order valence-corrected chi connectivity index (χ2v) is 6.28. The Balaban J connectivity index is 2.13. The zero-order valence-electron chi connectivity index (χ0n) is 15.4. The van der Waals surface area contributed by atoms with E-state index in [0.29, 0.717) is 25.1 Å². The van der Waals surface area contributed by atoms with E-state index >= 15 is 0 Å². The highest BCUT2D eigenvalue weighted by molar-refractivity contribution is 6.08. The average Bonchev–Trinajstić information content (AvgIpc) is 2.98. The van der Waals surface area contributed by atoms with E-state index in [1.807, 2.05) is 35.8 Å². The molecule has 0 bridgehead atoms. The maximum absolute atomic E-state index is 12.8. The molecule has 0 radical (unpaired) electrons. The van der Waals surface area contributed by atoms with Gasteiger partial charge in [0.2, 0.25) is 5.91 Å². The first kappa shape index (κ1) is 18.1. The van der Waals surface area contributed by atoms with Crippen LogP contribution in [0.3, 0.4) is 0 Å². The minimum atomic E-state index is -0.463. The third-order valence-corrected chi connectivity index (χ3v) is 4.63. The van der Waals surface area contributed by atoms with Gasteiger partial charge < -0.3 is 14.6 Å². The number of aryl methyl sites for hydroxylation is 1.